The van der Waals surface area contributed by atoms with Crippen molar-refractivity contribution < 1.29 is 0 Å². The van der Waals surface area contributed by atoms with E-state index in [-0.39, 0.29) is 0 Å². The molecule has 0 amide bonds. The number of aryl methyl sites for hydroxylation is 1. The predicted molar refractivity (Wildman–Crippen MR) is 53.2 cm³/mol. The zero-order chi connectivity index (χ0) is 8.97. The SMILES string of the molecule is CCCNc1nc(C)cc(Br)n1. The molecule has 66 valence electrons. The number of nitrogens with zero attached hydrogens (tertiary/aromatic N) is 2. The van der Waals surface area contributed by atoms with Crippen molar-refractivity contribution in [3.63, 3.8) is 0 Å². The molecule has 0 radical (unpaired) electrons. The van der Waals surface area contributed by atoms with Gasteiger partial charge >= 0.3 is 0 Å². The molecule has 0 bridgehead atoms. The lowest BCUT2D eigenvalue weighted by atomic mass is 10.4. The first kappa shape index (κ1) is 9.45. The highest BCUT2D eigenvalue weighted by Gasteiger charge is 1.97. The van der Waals surface area contributed by atoms with Crippen molar-refractivity contribution in [2.75, 3.05) is 11.9 Å². The average molecular weight is 230 g/mol. The molecule has 12 heavy (non-hydrogen) atoms. The molecule has 0 fully saturated rings. The summed E-state index contributed by atoms with van der Waals surface area (Å²) in [5.41, 5.74) is 0.968. The van der Waals surface area contributed by atoms with Crippen LogP contribution >= 0.6 is 15.9 Å². The highest BCUT2D eigenvalue weighted by atomic mass is 79.9. The summed E-state index contributed by atoms with van der Waals surface area (Å²) in [5.74, 6) is 0.698. The molecule has 0 aliphatic heterocycles. The molecule has 0 aliphatic carbocycles. The van der Waals surface area contributed by atoms with Crippen LogP contribution in [0.4, 0.5) is 5.95 Å². The third-order valence-electron chi connectivity index (χ3n) is 1.36. The monoisotopic (exact) mass is 229 g/mol. The van der Waals surface area contributed by atoms with Gasteiger partial charge in [-0.25, -0.2) is 9.97 Å². The molecule has 0 atom stereocenters. The van der Waals surface area contributed by atoms with Crippen molar-refractivity contribution in [3.05, 3.63) is 16.4 Å². The van der Waals surface area contributed by atoms with E-state index < -0.39 is 0 Å². The fraction of sp³-hybridized carbons (Fsp3) is 0.500. The maximum absolute atomic E-state index is 4.22. The Balaban J connectivity index is 2.72. The van der Waals surface area contributed by atoms with E-state index in [0.717, 1.165) is 23.3 Å². The lowest BCUT2D eigenvalue weighted by molar-refractivity contribution is 0.942. The van der Waals surface area contributed by atoms with Gasteiger partial charge in [0.2, 0.25) is 5.95 Å². The number of anilines is 1. The summed E-state index contributed by atoms with van der Waals surface area (Å²) in [7, 11) is 0. The molecule has 1 aromatic heterocycles. The molecule has 1 heterocycles. The quantitative estimate of drug-likeness (QED) is 0.810. The number of hydrogen-bond acceptors (Lipinski definition) is 3. The molecule has 0 saturated carbocycles. The summed E-state index contributed by atoms with van der Waals surface area (Å²) >= 11 is 3.31. The number of aromatic nitrogens is 2. The topological polar surface area (TPSA) is 37.8 Å². The van der Waals surface area contributed by atoms with E-state index in [0.29, 0.717) is 5.95 Å². The summed E-state index contributed by atoms with van der Waals surface area (Å²) < 4.78 is 0.827. The molecule has 0 aliphatic rings. The van der Waals surface area contributed by atoms with Crippen LogP contribution in [0.2, 0.25) is 0 Å². The van der Waals surface area contributed by atoms with Crippen LogP contribution in [0, 0.1) is 6.92 Å². The lowest BCUT2D eigenvalue weighted by Gasteiger charge is -2.03. The standard InChI is InChI=1S/C8H12BrN3/c1-3-4-10-8-11-6(2)5-7(9)12-8/h5H,3-4H2,1-2H3,(H,10,11,12). The van der Waals surface area contributed by atoms with Crippen molar-refractivity contribution >= 4 is 21.9 Å². The third kappa shape index (κ3) is 2.77. The molecule has 1 N–H and O–H groups in total. The Morgan fingerprint density at radius 3 is 2.83 bits per heavy atom. The van der Waals surface area contributed by atoms with Crippen LogP contribution in [-0.2, 0) is 0 Å². The first-order chi connectivity index (χ1) is 5.72. The molecule has 0 spiro atoms. The number of rotatable bonds is 3. The van der Waals surface area contributed by atoms with Gasteiger partial charge in [0.05, 0.1) is 0 Å². The van der Waals surface area contributed by atoms with Crippen molar-refractivity contribution in [2.45, 2.75) is 20.3 Å². The molecular formula is C8H12BrN3. The number of hydrogen-bond donors (Lipinski definition) is 1. The Labute approximate surface area is 80.7 Å². The summed E-state index contributed by atoms with van der Waals surface area (Å²) in [5, 5.41) is 3.12. The minimum absolute atomic E-state index is 0.698. The van der Waals surface area contributed by atoms with Gasteiger partial charge in [0.25, 0.3) is 0 Å². The van der Waals surface area contributed by atoms with Crippen LogP contribution < -0.4 is 5.32 Å². The summed E-state index contributed by atoms with van der Waals surface area (Å²) in [6.07, 6.45) is 1.08. The fourth-order valence-electron chi connectivity index (χ4n) is 0.846. The summed E-state index contributed by atoms with van der Waals surface area (Å²) in [4.78, 5) is 8.39. The van der Waals surface area contributed by atoms with Gasteiger partial charge < -0.3 is 5.32 Å². The van der Waals surface area contributed by atoms with Gasteiger partial charge in [-0.3, -0.25) is 0 Å². The molecular weight excluding hydrogens is 218 g/mol. The largest absolute Gasteiger partial charge is 0.354 e. The molecule has 1 aromatic rings. The van der Waals surface area contributed by atoms with Gasteiger partial charge in [0.1, 0.15) is 4.60 Å². The molecule has 0 aromatic carbocycles. The first-order valence-corrected chi connectivity index (χ1v) is 4.76. The molecule has 0 saturated heterocycles. The Morgan fingerprint density at radius 2 is 2.25 bits per heavy atom. The lowest BCUT2D eigenvalue weighted by Crippen LogP contribution is -2.04. The van der Waals surface area contributed by atoms with E-state index in [4.69, 9.17) is 0 Å². The number of nitrogens with one attached hydrogen (secondary N) is 1. The van der Waals surface area contributed by atoms with E-state index in [1.807, 2.05) is 13.0 Å². The Kier molecular flexibility index (Phi) is 3.47. The second-order valence-electron chi connectivity index (χ2n) is 2.58. The third-order valence-corrected chi connectivity index (χ3v) is 1.76. The van der Waals surface area contributed by atoms with E-state index >= 15 is 0 Å². The highest BCUT2D eigenvalue weighted by molar-refractivity contribution is 9.10. The van der Waals surface area contributed by atoms with Crippen molar-refractivity contribution in [2.24, 2.45) is 0 Å². The van der Waals surface area contributed by atoms with Gasteiger partial charge in [-0.1, -0.05) is 6.92 Å². The van der Waals surface area contributed by atoms with Crippen molar-refractivity contribution in [1.82, 2.24) is 9.97 Å². The van der Waals surface area contributed by atoms with Gasteiger partial charge in [0, 0.05) is 12.2 Å². The van der Waals surface area contributed by atoms with E-state index in [2.05, 4.69) is 38.1 Å². The van der Waals surface area contributed by atoms with Crippen molar-refractivity contribution in [1.29, 1.82) is 0 Å². The van der Waals surface area contributed by atoms with Crippen LogP contribution in [0.5, 0.6) is 0 Å². The Bertz CT molecular complexity index is 242. The van der Waals surface area contributed by atoms with Crippen LogP contribution in [0.15, 0.2) is 10.7 Å². The molecule has 4 heteroatoms. The van der Waals surface area contributed by atoms with E-state index in [1.54, 1.807) is 0 Å². The van der Waals surface area contributed by atoms with Crippen LogP contribution in [-0.4, -0.2) is 16.5 Å². The average Bonchev–Trinajstić information content (AvgIpc) is 1.99. The Hall–Kier alpha value is -0.640. The van der Waals surface area contributed by atoms with Gasteiger partial charge in [-0.2, -0.15) is 0 Å². The Morgan fingerprint density at radius 1 is 1.50 bits per heavy atom. The van der Waals surface area contributed by atoms with Gasteiger partial charge in [0.15, 0.2) is 0 Å². The predicted octanol–water partition coefficient (Wildman–Crippen LogP) is 2.37. The second kappa shape index (κ2) is 4.40. The van der Waals surface area contributed by atoms with Crippen molar-refractivity contribution in [3.8, 4) is 0 Å². The smallest absolute Gasteiger partial charge is 0.223 e. The fourth-order valence-corrected chi connectivity index (χ4v) is 1.35. The minimum Gasteiger partial charge on any atom is -0.354 e. The van der Waals surface area contributed by atoms with E-state index in [9.17, 15) is 0 Å². The van der Waals surface area contributed by atoms with Crippen LogP contribution in [0.25, 0.3) is 0 Å². The zero-order valence-corrected chi connectivity index (χ0v) is 8.85. The maximum atomic E-state index is 4.22. The van der Waals surface area contributed by atoms with Gasteiger partial charge in [-0.05, 0) is 35.3 Å². The second-order valence-corrected chi connectivity index (χ2v) is 3.39. The molecule has 1 rings (SSSR count). The zero-order valence-electron chi connectivity index (χ0n) is 7.26. The summed E-state index contributed by atoms with van der Waals surface area (Å²) in [6, 6.07) is 1.89. The van der Waals surface area contributed by atoms with Crippen LogP contribution in [0.1, 0.15) is 19.0 Å². The van der Waals surface area contributed by atoms with E-state index in [1.165, 1.54) is 0 Å². The number of halogens is 1. The minimum atomic E-state index is 0.698. The first-order valence-electron chi connectivity index (χ1n) is 3.97. The summed E-state index contributed by atoms with van der Waals surface area (Å²) in [6.45, 7) is 4.97. The van der Waals surface area contributed by atoms with Gasteiger partial charge in [-0.15, -0.1) is 0 Å². The normalized spacial score (nSPS) is 9.92. The highest BCUT2D eigenvalue weighted by Crippen LogP contribution is 2.09. The maximum Gasteiger partial charge on any atom is 0.223 e. The molecule has 3 nitrogen and oxygen atoms in total. The molecule has 0 unspecified atom stereocenters. The van der Waals surface area contributed by atoms with Crippen LogP contribution in [0.3, 0.4) is 0 Å².